The molecule has 0 aliphatic carbocycles. The molecule has 5 nitrogen and oxygen atoms in total. The molecule has 1 unspecified atom stereocenters. The highest BCUT2D eigenvalue weighted by Gasteiger charge is 2.17. The summed E-state index contributed by atoms with van der Waals surface area (Å²) >= 11 is 0. The van der Waals surface area contributed by atoms with E-state index < -0.39 is 6.10 Å². The van der Waals surface area contributed by atoms with Crippen LogP contribution in [0.2, 0.25) is 0 Å². The predicted octanol–water partition coefficient (Wildman–Crippen LogP) is 11.5. The van der Waals surface area contributed by atoms with Crippen LogP contribution in [0.1, 0.15) is 175 Å². The Bertz CT molecular complexity index is 711. The number of carbonyl (C=O) groups excluding carboxylic acids is 2. The molecule has 0 aliphatic heterocycles. The highest BCUT2D eigenvalue weighted by atomic mass is 16.6. The van der Waals surface area contributed by atoms with Crippen molar-refractivity contribution in [3.63, 3.8) is 0 Å². The molecule has 0 rings (SSSR count). The van der Waals surface area contributed by atoms with E-state index in [-0.39, 0.29) is 25.2 Å². The highest BCUT2D eigenvalue weighted by molar-refractivity contribution is 5.70. The standard InChI is InChI=1S/C39H70O5/c1-4-7-10-13-15-17-18-19-20-21-23-25-28-31-34-42-35-37(44-39(41)33-30-26-12-9-6-3)36-43-38(40)32-29-27-24-22-16-14-11-8-5-2/h7,10,15,17,19-20,37H,4-6,8-9,11-14,16,18,21-36H2,1-3H3/b10-7-,17-15-,20-19-. The SMILES string of the molecule is CC/C=C\C/C=C\C/C=C\CCCCCCOCC(COC(=O)CCCCCCCCCCC)OC(=O)CCCCCCC. The fourth-order valence-corrected chi connectivity index (χ4v) is 4.93. The van der Waals surface area contributed by atoms with Gasteiger partial charge in [0.15, 0.2) is 6.10 Å². The van der Waals surface area contributed by atoms with Gasteiger partial charge < -0.3 is 14.2 Å². The van der Waals surface area contributed by atoms with Crippen molar-refractivity contribution < 1.29 is 23.8 Å². The van der Waals surface area contributed by atoms with Gasteiger partial charge in [-0.3, -0.25) is 9.59 Å². The van der Waals surface area contributed by atoms with Gasteiger partial charge in [0.2, 0.25) is 0 Å². The maximum atomic E-state index is 12.4. The van der Waals surface area contributed by atoms with Crippen molar-refractivity contribution >= 4 is 11.9 Å². The third-order valence-corrected chi connectivity index (χ3v) is 7.69. The number of hydrogen-bond acceptors (Lipinski definition) is 5. The third-order valence-electron chi connectivity index (χ3n) is 7.69. The first-order chi connectivity index (χ1) is 21.6. The van der Waals surface area contributed by atoms with Gasteiger partial charge in [-0.15, -0.1) is 0 Å². The number of unbranched alkanes of at least 4 members (excludes halogenated alkanes) is 16. The van der Waals surface area contributed by atoms with Gasteiger partial charge in [0.1, 0.15) is 6.61 Å². The summed E-state index contributed by atoms with van der Waals surface area (Å²) in [5, 5.41) is 0. The summed E-state index contributed by atoms with van der Waals surface area (Å²) in [5.41, 5.74) is 0. The average Bonchev–Trinajstić information content (AvgIpc) is 3.02. The first-order valence-corrected chi connectivity index (χ1v) is 18.5. The summed E-state index contributed by atoms with van der Waals surface area (Å²) in [6, 6.07) is 0. The number of allylic oxidation sites excluding steroid dienone is 6. The van der Waals surface area contributed by atoms with Crippen LogP contribution in [0.15, 0.2) is 36.5 Å². The molecule has 0 heterocycles. The van der Waals surface area contributed by atoms with Gasteiger partial charge in [0, 0.05) is 19.4 Å². The van der Waals surface area contributed by atoms with Crippen molar-refractivity contribution in [3.05, 3.63) is 36.5 Å². The third kappa shape index (κ3) is 33.0. The zero-order chi connectivity index (χ0) is 32.2. The Labute approximate surface area is 272 Å². The molecule has 0 N–H and O–H groups in total. The maximum Gasteiger partial charge on any atom is 0.306 e. The van der Waals surface area contributed by atoms with E-state index >= 15 is 0 Å². The Hall–Kier alpha value is -1.88. The molecular weight excluding hydrogens is 548 g/mol. The molecule has 0 aromatic rings. The lowest BCUT2D eigenvalue weighted by atomic mass is 10.1. The molecule has 0 spiro atoms. The van der Waals surface area contributed by atoms with E-state index in [2.05, 4.69) is 57.2 Å². The maximum absolute atomic E-state index is 12.4. The molecule has 0 saturated heterocycles. The van der Waals surface area contributed by atoms with E-state index in [1.807, 2.05) is 0 Å². The second kappa shape index (κ2) is 35.6. The predicted molar refractivity (Wildman–Crippen MR) is 187 cm³/mol. The molecule has 0 fully saturated rings. The van der Waals surface area contributed by atoms with Crippen molar-refractivity contribution in [2.75, 3.05) is 19.8 Å². The fourth-order valence-electron chi connectivity index (χ4n) is 4.93. The van der Waals surface area contributed by atoms with Crippen LogP contribution in [-0.2, 0) is 23.8 Å². The minimum Gasteiger partial charge on any atom is -0.462 e. The molecule has 0 aliphatic rings. The summed E-state index contributed by atoms with van der Waals surface area (Å²) < 4.78 is 17.0. The molecule has 0 aromatic heterocycles. The Morgan fingerprint density at radius 2 is 1.02 bits per heavy atom. The van der Waals surface area contributed by atoms with Crippen molar-refractivity contribution in [2.24, 2.45) is 0 Å². The van der Waals surface area contributed by atoms with Gasteiger partial charge in [-0.1, -0.05) is 147 Å². The second-order valence-electron chi connectivity index (χ2n) is 12.1. The van der Waals surface area contributed by atoms with Crippen molar-refractivity contribution in [3.8, 4) is 0 Å². The lowest BCUT2D eigenvalue weighted by Crippen LogP contribution is -2.30. The smallest absolute Gasteiger partial charge is 0.306 e. The monoisotopic (exact) mass is 619 g/mol. The van der Waals surface area contributed by atoms with Crippen LogP contribution in [0, 0.1) is 0 Å². The van der Waals surface area contributed by atoms with E-state index in [1.165, 1.54) is 70.6 Å². The van der Waals surface area contributed by atoms with E-state index in [9.17, 15) is 9.59 Å². The number of carbonyl (C=O) groups is 2. The van der Waals surface area contributed by atoms with Gasteiger partial charge in [0.05, 0.1) is 6.61 Å². The largest absolute Gasteiger partial charge is 0.462 e. The van der Waals surface area contributed by atoms with Gasteiger partial charge in [0.25, 0.3) is 0 Å². The number of esters is 2. The molecule has 44 heavy (non-hydrogen) atoms. The topological polar surface area (TPSA) is 61.8 Å². The zero-order valence-electron chi connectivity index (χ0n) is 29.2. The van der Waals surface area contributed by atoms with E-state index in [4.69, 9.17) is 14.2 Å². The van der Waals surface area contributed by atoms with Gasteiger partial charge in [-0.2, -0.15) is 0 Å². The Kier molecular flexibility index (Phi) is 34.1. The van der Waals surface area contributed by atoms with Crippen LogP contribution < -0.4 is 0 Å². The molecule has 1 atom stereocenters. The van der Waals surface area contributed by atoms with E-state index in [0.29, 0.717) is 19.4 Å². The summed E-state index contributed by atoms with van der Waals surface area (Å²) in [6.45, 7) is 7.56. The Morgan fingerprint density at radius 1 is 0.523 bits per heavy atom. The minimum absolute atomic E-state index is 0.0782. The Morgan fingerprint density at radius 3 is 1.64 bits per heavy atom. The van der Waals surface area contributed by atoms with Crippen molar-refractivity contribution in [2.45, 2.75) is 181 Å². The first-order valence-electron chi connectivity index (χ1n) is 18.5. The van der Waals surface area contributed by atoms with Crippen LogP contribution in [-0.4, -0.2) is 37.9 Å². The molecule has 0 bridgehead atoms. The second-order valence-corrected chi connectivity index (χ2v) is 12.1. The Balaban J connectivity index is 4.16. The average molecular weight is 619 g/mol. The summed E-state index contributed by atoms with van der Waals surface area (Å²) in [4.78, 5) is 24.8. The molecule has 0 aromatic carbocycles. The molecular formula is C39H70O5. The number of hydrogen-bond donors (Lipinski definition) is 0. The first kappa shape index (κ1) is 42.1. The normalized spacial score (nSPS) is 12.5. The van der Waals surface area contributed by atoms with Crippen LogP contribution in [0.3, 0.4) is 0 Å². The lowest BCUT2D eigenvalue weighted by molar-refractivity contribution is -0.163. The lowest BCUT2D eigenvalue weighted by Gasteiger charge is -2.18. The number of ether oxygens (including phenoxy) is 3. The van der Waals surface area contributed by atoms with Crippen LogP contribution in [0.4, 0.5) is 0 Å². The summed E-state index contributed by atoms with van der Waals surface area (Å²) in [6.07, 6.45) is 38.7. The zero-order valence-corrected chi connectivity index (χ0v) is 29.2. The summed E-state index contributed by atoms with van der Waals surface area (Å²) in [7, 11) is 0. The van der Waals surface area contributed by atoms with Gasteiger partial charge >= 0.3 is 11.9 Å². The quantitative estimate of drug-likeness (QED) is 0.0416. The minimum atomic E-state index is -0.535. The summed E-state index contributed by atoms with van der Waals surface area (Å²) in [5.74, 6) is -0.426. The highest BCUT2D eigenvalue weighted by Crippen LogP contribution is 2.12. The van der Waals surface area contributed by atoms with Crippen LogP contribution >= 0.6 is 0 Å². The molecule has 0 amide bonds. The molecule has 256 valence electrons. The van der Waals surface area contributed by atoms with Gasteiger partial charge in [-0.05, 0) is 51.4 Å². The molecule has 0 saturated carbocycles. The van der Waals surface area contributed by atoms with Crippen molar-refractivity contribution in [1.82, 2.24) is 0 Å². The van der Waals surface area contributed by atoms with E-state index in [1.54, 1.807) is 0 Å². The fraction of sp³-hybridized carbons (Fsp3) is 0.795. The molecule has 5 heteroatoms. The number of rotatable bonds is 33. The van der Waals surface area contributed by atoms with E-state index in [0.717, 1.165) is 70.6 Å². The van der Waals surface area contributed by atoms with Gasteiger partial charge in [-0.25, -0.2) is 0 Å². The van der Waals surface area contributed by atoms with Crippen LogP contribution in [0.25, 0.3) is 0 Å². The van der Waals surface area contributed by atoms with Crippen LogP contribution in [0.5, 0.6) is 0 Å². The van der Waals surface area contributed by atoms with Crippen molar-refractivity contribution in [1.29, 1.82) is 0 Å². The molecule has 0 radical (unpaired) electrons.